The van der Waals surface area contributed by atoms with E-state index in [0.717, 1.165) is 24.6 Å². The van der Waals surface area contributed by atoms with E-state index in [1.165, 1.54) is 12.8 Å². The highest BCUT2D eigenvalue weighted by molar-refractivity contribution is 5.25. The molecule has 1 aliphatic rings. The normalized spacial score (nSPS) is 14.9. The second-order valence-electron chi connectivity index (χ2n) is 4.17. The molecule has 0 amide bonds. The van der Waals surface area contributed by atoms with Gasteiger partial charge in [0.25, 0.3) is 0 Å². The van der Waals surface area contributed by atoms with Gasteiger partial charge in [-0.25, -0.2) is 4.98 Å². The first-order valence-electron chi connectivity index (χ1n) is 6.28. The van der Waals surface area contributed by atoms with E-state index in [9.17, 15) is 0 Å². The summed E-state index contributed by atoms with van der Waals surface area (Å²) in [4.78, 5) is 4.26. The van der Waals surface area contributed by atoms with Crippen molar-refractivity contribution in [2.45, 2.75) is 32.4 Å². The molecule has 17 heavy (non-hydrogen) atoms. The van der Waals surface area contributed by atoms with Crippen LogP contribution in [0.25, 0.3) is 0 Å². The van der Waals surface area contributed by atoms with E-state index in [4.69, 9.17) is 9.47 Å². The van der Waals surface area contributed by atoms with Crippen LogP contribution in [-0.4, -0.2) is 30.8 Å². The zero-order valence-electron chi connectivity index (χ0n) is 10.3. The van der Waals surface area contributed by atoms with Gasteiger partial charge in [0.05, 0.1) is 6.61 Å². The molecule has 0 aromatic carbocycles. The largest absolute Gasteiger partial charge is 0.475 e. The van der Waals surface area contributed by atoms with E-state index in [0.29, 0.717) is 19.3 Å². The molecule has 0 atom stereocenters. The van der Waals surface area contributed by atoms with Crippen molar-refractivity contribution in [1.29, 1.82) is 0 Å². The molecule has 0 spiro atoms. The average molecular weight is 236 g/mol. The van der Waals surface area contributed by atoms with Gasteiger partial charge in [-0.1, -0.05) is 6.07 Å². The monoisotopic (exact) mass is 236 g/mol. The van der Waals surface area contributed by atoms with Crippen molar-refractivity contribution in [3.63, 3.8) is 0 Å². The second kappa shape index (κ2) is 6.57. The Hall–Kier alpha value is -1.13. The van der Waals surface area contributed by atoms with Crippen LogP contribution in [0, 0.1) is 0 Å². The Morgan fingerprint density at radius 1 is 1.41 bits per heavy atom. The van der Waals surface area contributed by atoms with Crippen LogP contribution in [0.2, 0.25) is 0 Å². The van der Waals surface area contributed by atoms with Gasteiger partial charge in [-0.2, -0.15) is 0 Å². The van der Waals surface area contributed by atoms with Crippen molar-refractivity contribution in [3.8, 4) is 5.88 Å². The summed E-state index contributed by atoms with van der Waals surface area (Å²) in [6.45, 7) is 4.71. The Labute approximate surface area is 102 Å². The summed E-state index contributed by atoms with van der Waals surface area (Å²) < 4.78 is 10.9. The smallest absolute Gasteiger partial charge is 0.217 e. The fourth-order valence-corrected chi connectivity index (χ4v) is 1.57. The predicted octanol–water partition coefficient (Wildman–Crippen LogP) is 1.75. The molecule has 0 bridgehead atoms. The van der Waals surface area contributed by atoms with Crippen molar-refractivity contribution >= 4 is 0 Å². The number of aromatic nitrogens is 1. The Morgan fingerprint density at radius 3 is 3.06 bits per heavy atom. The first kappa shape index (κ1) is 12.3. The van der Waals surface area contributed by atoms with E-state index in [1.807, 2.05) is 13.0 Å². The molecule has 0 saturated heterocycles. The van der Waals surface area contributed by atoms with E-state index < -0.39 is 0 Å². The quantitative estimate of drug-likeness (QED) is 0.698. The summed E-state index contributed by atoms with van der Waals surface area (Å²) in [7, 11) is 0. The van der Waals surface area contributed by atoms with Crippen LogP contribution >= 0.6 is 0 Å². The van der Waals surface area contributed by atoms with E-state index >= 15 is 0 Å². The van der Waals surface area contributed by atoms with Gasteiger partial charge in [0.2, 0.25) is 5.88 Å². The molecule has 1 aromatic heterocycles. The van der Waals surface area contributed by atoms with Crippen LogP contribution in [0.5, 0.6) is 5.88 Å². The van der Waals surface area contributed by atoms with Crippen LogP contribution in [0.15, 0.2) is 18.3 Å². The SMILES string of the molecule is CCOCCOc1ncccc1CNC1CC1. The molecule has 1 N–H and O–H groups in total. The van der Waals surface area contributed by atoms with Crippen molar-refractivity contribution in [2.24, 2.45) is 0 Å². The van der Waals surface area contributed by atoms with Gasteiger partial charge < -0.3 is 14.8 Å². The Balaban J connectivity index is 1.80. The molecule has 4 nitrogen and oxygen atoms in total. The summed E-state index contributed by atoms with van der Waals surface area (Å²) in [5.74, 6) is 0.723. The molecule has 1 saturated carbocycles. The molecule has 4 heteroatoms. The second-order valence-corrected chi connectivity index (χ2v) is 4.17. The van der Waals surface area contributed by atoms with Gasteiger partial charge >= 0.3 is 0 Å². The maximum absolute atomic E-state index is 5.62. The minimum atomic E-state index is 0.557. The maximum atomic E-state index is 5.62. The number of pyridine rings is 1. The first-order chi connectivity index (χ1) is 8.40. The molecule has 94 valence electrons. The Kier molecular flexibility index (Phi) is 4.76. The van der Waals surface area contributed by atoms with Crippen molar-refractivity contribution < 1.29 is 9.47 Å². The van der Waals surface area contributed by atoms with E-state index in [2.05, 4.69) is 16.4 Å². The van der Waals surface area contributed by atoms with Gasteiger partial charge in [0.1, 0.15) is 6.61 Å². The highest BCUT2D eigenvalue weighted by atomic mass is 16.5. The fraction of sp³-hybridized carbons (Fsp3) is 0.615. The number of hydrogen-bond acceptors (Lipinski definition) is 4. The molecule has 0 aliphatic heterocycles. The average Bonchev–Trinajstić information content (AvgIpc) is 3.17. The Morgan fingerprint density at radius 2 is 2.29 bits per heavy atom. The number of hydrogen-bond donors (Lipinski definition) is 1. The number of nitrogens with one attached hydrogen (secondary N) is 1. The van der Waals surface area contributed by atoms with E-state index in [1.54, 1.807) is 6.20 Å². The topological polar surface area (TPSA) is 43.4 Å². The standard InChI is InChI=1S/C13H20N2O2/c1-2-16-8-9-17-13-11(4-3-7-14-13)10-15-12-5-6-12/h3-4,7,12,15H,2,5-6,8-10H2,1H3. The third-order valence-corrected chi connectivity index (χ3v) is 2.68. The fourth-order valence-electron chi connectivity index (χ4n) is 1.57. The van der Waals surface area contributed by atoms with Crippen LogP contribution in [0.3, 0.4) is 0 Å². The molecule has 0 unspecified atom stereocenters. The van der Waals surface area contributed by atoms with Crippen LogP contribution in [-0.2, 0) is 11.3 Å². The number of nitrogens with zero attached hydrogens (tertiary/aromatic N) is 1. The zero-order chi connectivity index (χ0) is 11.9. The summed E-state index contributed by atoms with van der Waals surface area (Å²) in [5.41, 5.74) is 1.12. The highest BCUT2D eigenvalue weighted by Crippen LogP contribution is 2.21. The summed E-state index contributed by atoms with van der Waals surface area (Å²) in [6.07, 6.45) is 4.35. The van der Waals surface area contributed by atoms with Gasteiger partial charge in [-0.3, -0.25) is 0 Å². The maximum Gasteiger partial charge on any atom is 0.217 e. The number of ether oxygens (including phenoxy) is 2. The summed E-state index contributed by atoms with van der Waals surface area (Å²) in [6, 6.07) is 4.70. The molecule has 2 rings (SSSR count). The predicted molar refractivity (Wildman–Crippen MR) is 66.1 cm³/mol. The molecule has 1 aliphatic carbocycles. The molecule has 1 aromatic rings. The Bertz CT molecular complexity index is 340. The van der Waals surface area contributed by atoms with Crippen LogP contribution in [0.4, 0.5) is 0 Å². The third kappa shape index (κ3) is 4.32. The highest BCUT2D eigenvalue weighted by Gasteiger charge is 2.20. The third-order valence-electron chi connectivity index (χ3n) is 2.68. The van der Waals surface area contributed by atoms with E-state index in [-0.39, 0.29) is 0 Å². The molecule has 1 fully saturated rings. The first-order valence-corrected chi connectivity index (χ1v) is 6.28. The lowest BCUT2D eigenvalue weighted by atomic mass is 10.2. The van der Waals surface area contributed by atoms with Crippen molar-refractivity contribution in [3.05, 3.63) is 23.9 Å². The van der Waals surface area contributed by atoms with Crippen LogP contribution < -0.4 is 10.1 Å². The lowest BCUT2D eigenvalue weighted by molar-refractivity contribution is 0.108. The van der Waals surface area contributed by atoms with Gasteiger partial charge in [0, 0.05) is 31.0 Å². The van der Waals surface area contributed by atoms with Crippen molar-refractivity contribution in [2.75, 3.05) is 19.8 Å². The number of rotatable bonds is 8. The summed E-state index contributed by atoms with van der Waals surface area (Å²) in [5, 5.41) is 3.46. The molecular formula is C13H20N2O2. The lowest BCUT2D eigenvalue weighted by Gasteiger charge is -2.10. The zero-order valence-corrected chi connectivity index (χ0v) is 10.3. The van der Waals surface area contributed by atoms with Gasteiger partial charge in [-0.15, -0.1) is 0 Å². The molecule has 1 heterocycles. The molecule has 0 radical (unpaired) electrons. The molecular weight excluding hydrogens is 216 g/mol. The van der Waals surface area contributed by atoms with Crippen molar-refractivity contribution in [1.82, 2.24) is 10.3 Å². The van der Waals surface area contributed by atoms with Crippen LogP contribution in [0.1, 0.15) is 25.3 Å². The minimum Gasteiger partial charge on any atom is -0.475 e. The van der Waals surface area contributed by atoms with Gasteiger partial charge in [-0.05, 0) is 25.8 Å². The van der Waals surface area contributed by atoms with Gasteiger partial charge in [0.15, 0.2) is 0 Å². The lowest BCUT2D eigenvalue weighted by Crippen LogP contribution is -2.17. The summed E-state index contributed by atoms with van der Waals surface area (Å²) >= 11 is 0. The minimum absolute atomic E-state index is 0.557.